The number of ether oxygens (including phenoxy) is 1. The lowest BCUT2D eigenvalue weighted by Gasteiger charge is -2.48. The van der Waals surface area contributed by atoms with Crippen LogP contribution in [-0.4, -0.2) is 86.4 Å². The number of phenols is 1. The number of pyridine rings is 1. The summed E-state index contributed by atoms with van der Waals surface area (Å²) in [5.41, 5.74) is -0.00715. The number of fused-ring (bicyclic) bond motifs is 4. The fourth-order valence-corrected chi connectivity index (χ4v) is 9.75. The van der Waals surface area contributed by atoms with Crippen molar-refractivity contribution in [1.82, 2.24) is 24.8 Å². The average molecular weight is 769 g/mol. The van der Waals surface area contributed by atoms with Gasteiger partial charge < -0.3 is 23.6 Å². The Kier molecular flexibility index (Phi) is 9.00. The maximum absolute atomic E-state index is 17.6. The molecule has 0 radical (unpaired) electrons. The zero-order chi connectivity index (χ0) is 39.0. The van der Waals surface area contributed by atoms with Crippen LogP contribution >= 0.6 is 0 Å². The molecule has 11 nitrogen and oxygen atoms in total. The highest BCUT2D eigenvalue weighted by atomic mass is 19.1. The fourth-order valence-electron chi connectivity index (χ4n) is 9.75. The summed E-state index contributed by atoms with van der Waals surface area (Å²) >= 11 is 0. The van der Waals surface area contributed by atoms with E-state index in [9.17, 15) is 14.3 Å². The second-order valence-corrected chi connectivity index (χ2v) is 15.9. The third-order valence-corrected chi connectivity index (χ3v) is 12.6. The number of hydrogen-bond donors (Lipinski definition) is 1. The van der Waals surface area contributed by atoms with E-state index in [1.54, 1.807) is 6.92 Å². The van der Waals surface area contributed by atoms with Crippen LogP contribution in [0, 0.1) is 30.9 Å². The van der Waals surface area contributed by atoms with Crippen molar-refractivity contribution in [2.24, 2.45) is 0 Å². The van der Waals surface area contributed by atoms with E-state index in [4.69, 9.17) is 34.9 Å². The highest BCUT2D eigenvalue weighted by Crippen LogP contribution is 2.45. The predicted molar refractivity (Wildman–Crippen MR) is 204 cm³/mol. The van der Waals surface area contributed by atoms with Gasteiger partial charge in [0.25, 0.3) is 0 Å². The first-order chi connectivity index (χ1) is 27.0. The molecule has 3 fully saturated rings. The monoisotopic (exact) mass is 768 g/mol. The van der Waals surface area contributed by atoms with E-state index in [0.29, 0.717) is 72.8 Å². The van der Waals surface area contributed by atoms with Crippen LogP contribution in [0.4, 0.5) is 19.0 Å². The van der Waals surface area contributed by atoms with Gasteiger partial charge in [-0.3, -0.25) is 9.80 Å². The summed E-state index contributed by atoms with van der Waals surface area (Å²) in [5.74, 6) is 1.31. The molecule has 14 heteroatoms. The predicted octanol–water partition coefficient (Wildman–Crippen LogP) is 6.99. The van der Waals surface area contributed by atoms with Crippen molar-refractivity contribution in [1.29, 1.82) is 0 Å². The van der Waals surface area contributed by atoms with Crippen LogP contribution in [0.3, 0.4) is 0 Å². The zero-order valence-electron chi connectivity index (χ0n) is 31.6. The second kappa shape index (κ2) is 13.8. The quantitative estimate of drug-likeness (QED) is 0.173. The highest BCUT2D eigenvalue weighted by Gasteiger charge is 2.49. The van der Waals surface area contributed by atoms with E-state index in [1.807, 2.05) is 6.92 Å². The third-order valence-electron chi connectivity index (χ3n) is 12.6. The Bertz CT molecular complexity index is 2480. The van der Waals surface area contributed by atoms with Gasteiger partial charge in [-0.2, -0.15) is 9.97 Å². The maximum atomic E-state index is 17.6. The van der Waals surface area contributed by atoms with Gasteiger partial charge in [-0.1, -0.05) is 25.8 Å². The topological polar surface area (TPSA) is 121 Å². The van der Waals surface area contributed by atoms with E-state index < -0.39 is 29.2 Å². The lowest BCUT2D eigenvalue weighted by atomic mass is 9.89. The lowest BCUT2D eigenvalue weighted by Crippen LogP contribution is -2.58. The first kappa shape index (κ1) is 36.5. The number of aromatic nitrogens is 3. The molecule has 292 valence electrons. The minimum Gasteiger partial charge on any atom is -0.508 e. The molecule has 0 aliphatic carbocycles. The van der Waals surface area contributed by atoms with Gasteiger partial charge in [0.1, 0.15) is 47.1 Å². The van der Waals surface area contributed by atoms with Crippen molar-refractivity contribution in [3.8, 4) is 35.4 Å². The molecule has 2 aromatic carbocycles. The standard InChI is InChI=1S/C42H43F3N6O5/c1-5-26-19-51-27(18-49(26)20-32-23(4)55-41(53)56-32)10-8-22(3)36-34-38(47-40(48-39(34)51)54-21-42-12-7-13-50(42)17-25(43)16-42)35(45)37(46-36)30-15-28(52)14-24-9-11-31(44)29(6-2)33(24)30/h2,9,11,14-15,22,25-27,52H,5,7-8,10,12-13,16-21H2,1,3-4H3/t22-,25-,26-,27-,42+/m1/s1. The largest absolute Gasteiger partial charge is 0.519 e. The van der Waals surface area contributed by atoms with Gasteiger partial charge in [-0.15, -0.1) is 6.42 Å². The molecule has 5 aromatic rings. The molecule has 0 spiro atoms. The maximum Gasteiger partial charge on any atom is 0.519 e. The molecule has 5 atom stereocenters. The Labute approximate surface area is 321 Å². The summed E-state index contributed by atoms with van der Waals surface area (Å²) < 4.78 is 64.5. The molecule has 3 saturated heterocycles. The molecule has 0 amide bonds. The number of terminal acetylenes is 1. The molecule has 4 aliphatic heterocycles. The summed E-state index contributed by atoms with van der Waals surface area (Å²) in [5, 5.41) is 12.0. The van der Waals surface area contributed by atoms with Gasteiger partial charge in [-0.25, -0.2) is 22.9 Å². The van der Waals surface area contributed by atoms with Crippen LogP contribution in [0.15, 0.2) is 37.9 Å². The van der Waals surface area contributed by atoms with Gasteiger partial charge in [0.15, 0.2) is 11.6 Å². The van der Waals surface area contributed by atoms with Crippen molar-refractivity contribution < 1.29 is 31.8 Å². The highest BCUT2D eigenvalue weighted by molar-refractivity contribution is 6.03. The van der Waals surface area contributed by atoms with Gasteiger partial charge in [0.2, 0.25) is 0 Å². The van der Waals surface area contributed by atoms with E-state index >= 15 is 8.78 Å². The van der Waals surface area contributed by atoms with E-state index in [2.05, 4.69) is 27.5 Å². The second-order valence-electron chi connectivity index (χ2n) is 15.9. The minimum atomic E-state index is -0.961. The van der Waals surface area contributed by atoms with Crippen LogP contribution in [0.2, 0.25) is 0 Å². The lowest BCUT2D eigenvalue weighted by molar-refractivity contribution is 0.107. The van der Waals surface area contributed by atoms with Crippen LogP contribution < -0.4 is 15.5 Å². The first-order valence-electron chi connectivity index (χ1n) is 19.4. The van der Waals surface area contributed by atoms with E-state index in [-0.39, 0.29) is 64.1 Å². The smallest absolute Gasteiger partial charge is 0.508 e. The van der Waals surface area contributed by atoms with Crippen molar-refractivity contribution in [3.63, 3.8) is 0 Å². The Balaban J connectivity index is 1.22. The zero-order valence-corrected chi connectivity index (χ0v) is 31.6. The number of rotatable bonds is 7. The summed E-state index contributed by atoms with van der Waals surface area (Å²) in [6.07, 6.45) is 9.07. The molecule has 3 aromatic heterocycles. The van der Waals surface area contributed by atoms with Crippen molar-refractivity contribution in [2.75, 3.05) is 37.7 Å². The van der Waals surface area contributed by atoms with Gasteiger partial charge in [0, 0.05) is 49.1 Å². The number of hydrogen-bond acceptors (Lipinski definition) is 11. The summed E-state index contributed by atoms with van der Waals surface area (Å²) in [6.45, 7) is 8.64. The van der Waals surface area contributed by atoms with Crippen LogP contribution in [-0.2, 0) is 6.54 Å². The number of anilines is 1. The van der Waals surface area contributed by atoms with Gasteiger partial charge in [0.05, 0.1) is 28.7 Å². The Morgan fingerprint density at radius 2 is 1.95 bits per heavy atom. The number of alkyl halides is 1. The average Bonchev–Trinajstić information content (AvgIpc) is 3.81. The summed E-state index contributed by atoms with van der Waals surface area (Å²) in [7, 11) is 0. The van der Waals surface area contributed by atoms with E-state index in [1.165, 1.54) is 24.3 Å². The molecule has 9 rings (SSSR count). The molecule has 56 heavy (non-hydrogen) atoms. The van der Waals surface area contributed by atoms with Gasteiger partial charge in [-0.05, 0) is 75.1 Å². The molecule has 0 bridgehead atoms. The molecular weight excluding hydrogens is 725 g/mol. The van der Waals surface area contributed by atoms with Crippen molar-refractivity contribution >= 4 is 27.5 Å². The number of halogens is 3. The van der Waals surface area contributed by atoms with Gasteiger partial charge >= 0.3 is 11.8 Å². The summed E-state index contributed by atoms with van der Waals surface area (Å²) in [6, 6.07) is 5.42. The number of nitrogens with zero attached hydrogens (tertiary/aromatic N) is 6. The number of benzene rings is 2. The molecular formula is C42H43F3N6O5. The molecule has 4 aliphatic rings. The normalized spacial score (nSPS) is 25.3. The van der Waals surface area contributed by atoms with E-state index in [0.717, 1.165) is 32.2 Å². The number of aryl methyl sites for hydroxylation is 1. The van der Waals surface area contributed by atoms with Crippen molar-refractivity contribution in [2.45, 2.75) is 95.6 Å². The minimum absolute atomic E-state index is 0.000680. The molecule has 1 N–H and O–H groups in total. The summed E-state index contributed by atoms with van der Waals surface area (Å²) in [4.78, 5) is 33.4. The Hall–Kier alpha value is -5.13. The fraction of sp³-hybridized carbons (Fsp3) is 0.476. The third kappa shape index (κ3) is 5.98. The Morgan fingerprint density at radius 3 is 2.71 bits per heavy atom. The van der Waals surface area contributed by atoms with Crippen LogP contribution in [0.1, 0.15) is 81.1 Å². The SMILES string of the molecule is C#Cc1c(F)ccc2cc(O)cc(-c3nc4c5c(nc(OC[C@@]67CCCN6C[C@H](F)C7)nc5c3F)N3C[C@@H](CC)N(Cc5oc(=O)oc5C)C[C@H]3CC[C@H]4C)c12. The van der Waals surface area contributed by atoms with Crippen LogP contribution in [0.5, 0.6) is 11.8 Å². The Morgan fingerprint density at radius 1 is 1.11 bits per heavy atom. The van der Waals surface area contributed by atoms with Crippen molar-refractivity contribution in [3.05, 3.63) is 69.3 Å². The molecule has 0 unspecified atom stereocenters. The van der Waals surface area contributed by atoms with Crippen LogP contribution in [0.25, 0.3) is 32.9 Å². The first-order valence-corrected chi connectivity index (χ1v) is 19.4. The molecule has 7 heterocycles. The number of piperazine rings is 1. The molecule has 0 saturated carbocycles. The number of phenolic OH excluding ortho intramolecular Hbond substituents is 1. The number of aromatic hydroxyl groups is 1.